The van der Waals surface area contributed by atoms with Crippen molar-refractivity contribution in [3.63, 3.8) is 0 Å². The second-order valence-corrected chi connectivity index (χ2v) is 3.00. The van der Waals surface area contributed by atoms with Gasteiger partial charge in [0.1, 0.15) is 5.60 Å². The van der Waals surface area contributed by atoms with Crippen LogP contribution in [0.4, 0.5) is 0 Å². The molecule has 0 spiro atoms. The van der Waals surface area contributed by atoms with Crippen LogP contribution in [0.5, 0.6) is 0 Å². The highest BCUT2D eigenvalue weighted by Gasteiger charge is 2.34. The first-order valence-corrected chi connectivity index (χ1v) is 3.83. The molecule has 0 fully saturated rings. The first-order valence-electron chi connectivity index (χ1n) is 3.46. The minimum Gasteiger partial charge on any atom is -0.378 e. The van der Waals surface area contributed by atoms with Gasteiger partial charge in [0.05, 0.1) is 16.7 Å². The Morgan fingerprint density at radius 3 is 3.00 bits per heavy atom. The Morgan fingerprint density at radius 2 is 2.50 bits per heavy atom. The fourth-order valence-corrected chi connectivity index (χ4v) is 1.25. The lowest BCUT2D eigenvalue weighted by Gasteiger charge is -2.26. The van der Waals surface area contributed by atoms with E-state index in [1.54, 1.807) is 24.3 Å². The fraction of sp³-hybridized carbons (Fsp3) is 0.222. The highest BCUT2D eigenvalue weighted by molar-refractivity contribution is 6.31. The minimum absolute atomic E-state index is 0.0769. The number of nitriles is 1. The van der Waals surface area contributed by atoms with Gasteiger partial charge in [-0.1, -0.05) is 30.3 Å². The summed E-state index contributed by atoms with van der Waals surface area (Å²) < 4.78 is 0. The number of hydrogen-bond donors (Lipinski definition) is 1. The molecule has 2 nitrogen and oxygen atoms in total. The fourth-order valence-electron chi connectivity index (χ4n) is 0.986. The molecule has 0 bridgehead atoms. The molecule has 1 rings (SSSR count). The summed E-state index contributed by atoms with van der Waals surface area (Å²) in [6.07, 6.45) is 5.36. The van der Waals surface area contributed by atoms with Gasteiger partial charge in [0.2, 0.25) is 0 Å². The van der Waals surface area contributed by atoms with Crippen LogP contribution < -0.4 is 0 Å². The molecule has 0 saturated carbocycles. The average molecular weight is 182 g/mol. The second kappa shape index (κ2) is 3.14. The lowest BCUT2D eigenvalue weighted by molar-refractivity contribution is 0.132. The number of aliphatic hydroxyl groups is 1. The summed E-state index contributed by atoms with van der Waals surface area (Å²) >= 11 is 5.75. The van der Waals surface area contributed by atoms with E-state index in [1.807, 2.05) is 0 Å². The molecule has 0 aliphatic heterocycles. The lowest BCUT2D eigenvalue weighted by Crippen LogP contribution is -2.31. The van der Waals surface area contributed by atoms with Crippen molar-refractivity contribution in [1.82, 2.24) is 0 Å². The van der Waals surface area contributed by atoms with Crippen LogP contribution >= 0.6 is 11.6 Å². The summed E-state index contributed by atoms with van der Waals surface area (Å²) in [5.74, 6) is 0. The van der Waals surface area contributed by atoms with E-state index in [2.05, 4.69) is 6.58 Å². The Hall–Kier alpha value is -1.04. The maximum absolute atomic E-state index is 9.83. The third-order valence-corrected chi connectivity index (χ3v) is 2.26. The van der Waals surface area contributed by atoms with Crippen LogP contribution in [0.3, 0.4) is 0 Å². The van der Waals surface area contributed by atoms with E-state index in [-0.39, 0.29) is 10.6 Å². The molecule has 0 amide bonds. The zero-order valence-electron chi connectivity index (χ0n) is 6.42. The van der Waals surface area contributed by atoms with Crippen molar-refractivity contribution in [3.05, 3.63) is 35.4 Å². The molecule has 12 heavy (non-hydrogen) atoms. The van der Waals surface area contributed by atoms with E-state index in [1.165, 1.54) is 0 Å². The van der Waals surface area contributed by atoms with E-state index in [0.29, 0.717) is 6.42 Å². The van der Waals surface area contributed by atoms with Crippen molar-refractivity contribution >= 4 is 11.6 Å². The highest BCUT2D eigenvalue weighted by atomic mass is 35.5. The number of rotatable bonds is 1. The van der Waals surface area contributed by atoms with Gasteiger partial charge in [0.15, 0.2) is 0 Å². The molecule has 1 atom stereocenters. The molecule has 0 saturated heterocycles. The van der Waals surface area contributed by atoms with Crippen LogP contribution in [0, 0.1) is 11.3 Å². The number of nitrogens with zero attached hydrogens (tertiary/aromatic N) is 1. The van der Waals surface area contributed by atoms with Crippen LogP contribution in [0.15, 0.2) is 35.4 Å². The topological polar surface area (TPSA) is 44.0 Å². The van der Waals surface area contributed by atoms with Crippen molar-refractivity contribution < 1.29 is 5.11 Å². The smallest absolute Gasteiger partial charge is 0.138 e. The van der Waals surface area contributed by atoms with Crippen molar-refractivity contribution in [2.45, 2.75) is 12.0 Å². The normalized spacial score (nSPS) is 27.6. The molecule has 1 aliphatic carbocycles. The molecular weight excluding hydrogens is 174 g/mol. The first-order chi connectivity index (χ1) is 5.61. The molecule has 0 aromatic carbocycles. The molecule has 62 valence electrons. The first kappa shape index (κ1) is 9.05. The van der Waals surface area contributed by atoms with Crippen molar-refractivity contribution in [2.24, 2.45) is 0 Å². The van der Waals surface area contributed by atoms with Crippen LogP contribution in [-0.4, -0.2) is 10.7 Å². The van der Waals surface area contributed by atoms with Crippen molar-refractivity contribution in [3.8, 4) is 6.07 Å². The monoisotopic (exact) mass is 181 g/mol. The Labute approximate surface area is 76.1 Å². The Kier molecular flexibility index (Phi) is 2.37. The standard InChI is InChI=1S/C9H8ClNO/c1-7(6-11)9(12)5-3-2-4-8(9)10/h2-4,12H,1,5H2. The number of allylic oxidation sites excluding steroid dienone is 2. The van der Waals surface area contributed by atoms with E-state index in [9.17, 15) is 5.11 Å². The van der Waals surface area contributed by atoms with Gasteiger partial charge in [-0.15, -0.1) is 0 Å². The van der Waals surface area contributed by atoms with Gasteiger partial charge in [-0.2, -0.15) is 5.26 Å². The van der Waals surface area contributed by atoms with Gasteiger partial charge in [0.25, 0.3) is 0 Å². The summed E-state index contributed by atoms with van der Waals surface area (Å²) in [4.78, 5) is 0. The summed E-state index contributed by atoms with van der Waals surface area (Å²) in [7, 11) is 0. The Balaban J connectivity index is 3.02. The molecular formula is C9H8ClNO. The summed E-state index contributed by atoms with van der Waals surface area (Å²) in [6, 6.07) is 1.80. The third kappa shape index (κ3) is 1.29. The predicted octanol–water partition coefficient (Wildman–Crippen LogP) is 1.88. The largest absolute Gasteiger partial charge is 0.378 e. The maximum atomic E-state index is 9.83. The van der Waals surface area contributed by atoms with E-state index in [4.69, 9.17) is 16.9 Å². The molecule has 0 aromatic rings. The van der Waals surface area contributed by atoms with E-state index in [0.717, 1.165) is 0 Å². The van der Waals surface area contributed by atoms with Gasteiger partial charge in [-0.05, 0) is 6.08 Å². The quantitative estimate of drug-likeness (QED) is 0.628. The molecule has 0 aromatic heterocycles. The summed E-state index contributed by atoms with van der Waals surface area (Å²) in [6.45, 7) is 3.45. The third-order valence-electron chi connectivity index (χ3n) is 1.82. The SMILES string of the molecule is C=C(C#N)C1(O)CC=CC=C1Cl. The van der Waals surface area contributed by atoms with Gasteiger partial charge in [-0.25, -0.2) is 0 Å². The molecule has 0 heterocycles. The highest BCUT2D eigenvalue weighted by Crippen LogP contribution is 2.33. The van der Waals surface area contributed by atoms with Crippen LogP contribution in [-0.2, 0) is 0 Å². The molecule has 3 heteroatoms. The van der Waals surface area contributed by atoms with Crippen LogP contribution in [0.25, 0.3) is 0 Å². The van der Waals surface area contributed by atoms with E-state index < -0.39 is 5.60 Å². The Bertz CT molecular complexity index is 311. The van der Waals surface area contributed by atoms with Crippen molar-refractivity contribution in [2.75, 3.05) is 0 Å². The van der Waals surface area contributed by atoms with Crippen molar-refractivity contribution in [1.29, 1.82) is 5.26 Å². The molecule has 0 radical (unpaired) electrons. The van der Waals surface area contributed by atoms with Crippen LogP contribution in [0.2, 0.25) is 0 Å². The minimum atomic E-state index is -1.37. The maximum Gasteiger partial charge on any atom is 0.138 e. The van der Waals surface area contributed by atoms with Gasteiger partial charge >= 0.3 is 0 Å². The van der Waals surface area contributed by atoms with E-state index >= 15 is 0 Å². The summed E-state index contributed by atoms with van der Waals surface area (Å²) in [5, 5.41) is 18.6. The predicted molar refractivity (Wildman–Crippen MR) is 47.4 cm³/mol. The number of halogens is 1. The van der Waals surface area contributed by atoms with Gasteiger partial charge in [0, 0.05) is 6.42 Å². The lowest BCUT2D eigenvalue weighted by atomic mass is 9.88. The zero-order valence-corrected chi connectivity index (χ0v) is 7.17. The zero-order chi connectivity index (χ0) is 9.19. The van der Waals surface area contributed by atoms with Gasteiger partial charge in [-0.3, -0.25) is 0 Å². The molecule has 1 unspecified atom stereocenters. The second-order valence-electron chi connectivity index (χ2n) is 2.60. The average Bonchev–Trinajstić information content (AvgIpc) is 2.09. The number of hydrogen-bond acceptors (Lipinski definition) is 2. The molecule has 1 N–H and O–H groups in total. The Morgan fingerprint density at radius 1 is 1.83 bits per heavy atom. The van der Waals surface area contributed by atoms with Crippen LogP contribution in [0.1, 0.15) is 6.42 Å². The summed E-state index contributed by atoms with van der Waals surface area (Å²) in [5.41, 5.74) is -1.29. The van der Waals surface area contributed by atoms with Gasteiger partial charge < -0.3 is 5.11 Å². The molecule has 1 aliphatic rings.